The Morgan fingerprint density at radius 3 is 2.82 bits per heavy atom. The molecule has 0 spiro atoms. The number of nitrogens with zero attached hydrogens (tertiary/aromatic N) is 1. The van der Waals surface area contributed by atoms with Gasteiger partial charge in [-0.25, -0.2) is 4.98 Å². The first kappa shape index (κ1) is 15.5. The molecule has 3 nitrogen and oxygen atoms in total. The van der Waals surface area contributed by atoms with Crippen molar-refractivity contribution in [3.8, 4) is 5.75 Å². The highest BCUT2D eigenvalue weighted by atomic mass is 79.9. The van der Waals surface area contributed by atoms with Crippen LogP contribution in [0.1, 0.15) is 23.5 Å². The Labute approximate surface area is 142 Å². The molecular weight excluding hydrogens is 360 g/mol. The van der Waals surface area contributed by atoms with Crippen molar-refractivity contribution in [2.24, 2.45) is 0 Å². The first-order valence-corrected chi connectivity index (χ1v) is 8.69. The van der Waals surface area contributed by atoms with Crippen molar-refractivity contribution in [2.75, 3.05) is 7.11 Å². The number of methoxy groups -OCH3 is 1. The lowest BCUT2D eigenvalue weighted by Gasteiger charge is -2.14. The largest absolute Gasteiger partial charge is 0.496 e. The van der Waals surface area contributed by atoms with E-state index in [1.807, 2.05) is 12.1 Å². The molecule has 0 saturated heterocycles. The van der Waals surface area contributed by atoms with Crippen molar-refractivity contribution < 1.29 is 4.74 Å². The van der Waals surface area contributed by atoms with Gasteiger partial charge < -0.3 is 10.1 Å². The first-order chi connectivity index (χ1) is 10.7. The molecule has 1 atom stereocenters. The van der Waals surface area contributed by atoms with E-state index in [0.717, 1.165) is 27.3 Å². The predicted molar refractivity (Wildman–Crippen MR) is 95.6 cm³/mol. The van der Waals surface area contributed by atoms with Gasteiger partial charge in [0, 0.05) is 12.6 Å². The van der Waals surface area contributed by atoms with E-state index >= 15 is 0 Å². The number of halogens is 1. The fraction of sp³-hybridized carbons (Fsp3) is 0.235. The van der Waals surface area contributed by atoms with E-state index in [1.54, 1.807) is 18.4 Å². The number of rotatable bonds is 5. The van der Waals surface area contributed by atoms with Crippen LogP contribution in [0, 0.1) is 0 Å². The Morgan fingerprint density at radius 2 is 2.09 bits per heavy atom. The van der Waals surface area contributed by atoms with Gasteiger partial charge in [0.05, 0.1) is 21.8 Å². The van der Waals surface area contributed by atoms with Crippen LogP contribution in [-0.4, -0.2) is 12.1 Å². The van der Waals surface area contributed by atoms with E-state index in [4.69, 9.17) is 4.74 Å². The Bertz CT molecular complexity index is 754. The minimum absolute atomic E-state index is 0.245. The zero-order valence-corrected chi connectivity index (χ0v) is 14.9. The predicted octanol–water partition coefficient (Wildman–Crippen LogP) is 4.92. The molecule has 3 rings (SSSR count). The molecule has 5 heteroatoms. The summed E-state index contributed by atoms with van der Waals surface area (Å²) in [4.78, 5) is 4.65. The van der Waals surface area contributed by atoms with Crippen LogP contribution >= 0.6 is 27.3 Å². The van der Waals surface area contributed by atoms with Crippen molar-refractivity contribution in [2.45, 2.75) is 19.5 Å². The molecule has 0 saturated carbocycles. The molecule has 0 aliphatic rings. The number of thiazole rings is 1. The molecule has 1 N–H and O–H groups in total. The number of fused-ring (bicyclic) bond motifs is 1. The number of para-hydroxylation sites is 1. The minimum Gasteiger partial charge on any atom is -0.496 e. The molecular formula is C17H17BrN2OS. The normalized spacial score (nSPS) is 12.5. The first-order valence-electron chi connectivity index (χ1n) is 7.08. The highest BCUT2D eigenvalue weighted by Crippen LogP contribution is 2.28. The van der Waals surface area contributed by atoms with Gasteiger partial charge >= 0.3 is 0 Å². The van der Waals surface area contributed by atoms with Gasteiger partial charge in [-0.3, -0.25) is 0 Å². The summed E-state index contributed by atoms with van der Waals surface area (Å²) < 4.78 is 7.48. The molecule has 0 aliphatic heterocycles. The van der Waals surface area contributed by atoms with Crippen LogP contribution in [-0.2, 0) is 6.54 Å². The van der Waals surface area contributed by atoms with Crippen LogP contribution in [0.4, 0.5) is 0 Å². The Kier molecular flexibility index (Phi) is 4.76. The Hall–Kier alpha value is -1.43. The second-order valence-electron chi connectivity index (χ2n) is 5.07. The lowest BCUT2D eigenvalue weighted by molar-refractivity contribution is 0.411. The van der Waals surface area contributed by atoms with Crippen LogP contribution in [0.15, 0.2) is 46.9 Å². The van der Waals surface area contributed by atoms with Crippen LogP contribution < -0.4 is 10.1 Å². The van der Waals surface area contributed by atoms with Gasteiger partial charge in [-0.1, -0.05) is 18.2 Å². The molecule has 0 unspecified atom stereocenters. The summed E-state index contributed by atoms with van der Waals surface area (Å²) in [7, 11) is 1.68. The van der Waals surface area contributed by atoms with E-state index in [0.29, 0.717) is 0 Å². The molecule has 3 aromatic rings. The van der Waals surface area contributed by atoms with Gasteiger partial charge in [-0.2, -0.15) is 0 Å². The lowest BCUT2D eigenvalue weighted by atomic mass is 10.1. The molecule has 2 aromatic carbocycles. The quantitative estimate of drug-likeness (QED) is 0.686. The SMILES string of the molecule is COc1ccc([C@H](C)NCc2nc3ccccc3s2)cc1Br. The monoisotopic (exact) mass is 376 g/mol. The molecule has 1 aromatic heterocycles. The molecule has 0 fully saturated rings. The molecule has 114 valence electrons. The van der Waals surface area contributed by atoms with Crippen molar-refractivity contribution >= 4 is 37.5 Å². The third kappa shape index (κ3) is 3.32. The van der Waals surface area contributed by atoms with Crippen LogP contribution in [0.3, 0.4) is 0 Å². The van der Waals surface area contributed by atoms with Gasteiger partial charge in [0.1, 0.15) is 10.8 Å². The van der Waals surface area contributed by atoms with Gasteiger partial charge in [0.2, 0.25) is 0 Å². The molecule has 0 aliphatic carbocycles. The summed E-state index contributed by atoms with van der Waals surface area (Å²) in [6.45, 7) is 2.92. The number of nitrogens with one attached hydrogen (secondary N) is 1. The van der Waals surface area contributed by atoms with Gasteiger partial charge in [0.15, 0.2) is 0 Å². The summed E-state index contributed by atoms with van der Waals surface area (Å²) in [6.07, 6.45) is 0. The summed E-state index contributed by atoms with van der Waals surface area (Å²) in [5, 5.41) is 4.64. The second kappa shape index (κ2) is 6.77. The van der Waals surface area contributed by atoms with Crippen molar-refractivity contribution in [1.29, 1.82) is 0 Å². The van der Waals surface area contributed by atoms with Crippen molar-refractivity contribution in [3.05, 3.63) is 57.5 Å². The van der Waals surface area contributed by atoms with Gasteiger partial charge in [-0.05, 0) is 52.7 Å². The number of hydrogen-bond donors (Lipinski definition) is 1. The number of aromatic nitrogens is 1. The van der Waals surface area contributed by atoms with E-state index in [-0.39, 0.29) is 6.04 Å². The summed E-state index contributed by atoms with van der Waals surface area (Å²) in [6, 6.07) is 14.6. The zero-order chi connectivity index (χ0) is 15.5. The highest BCUT2D eigenvalue weighted by molar-refractivity contribution is 9.10. The Balaban J connectivity index is 1.69. The van der Waals surface area contributed by atoms with E-state index in [1.165, 1.54) is 10.3 Å². The topological polar surface area (TPSA) is 34.1 Å². The van der Waals surface area contributed by atoms with Crippen LogP contribution in [0.25, 0.3) is 10.2 Å². The third-order valence-electron chi connectivity index (χ3n) is 3.57. The van der Waals surface area contributed by atoms with Gasteiger partial charge in [0.25, 0.3) is 0 Å². The van der Waals surface area contributed by atoms with Crippen molar-refractivity contribution in [3.63, 3.8) is 0 Å². The number of ether oxygens (including phenoxy) is 1. The number of benzene rings is 2. The maximum absolute atomic E-state index is 5.27. The molecule has 0 amide bonds. The molecule has 0 bridgehead atoms. The second-order valence-corrected chi connectivity index (χ2v) is 7.04. The van der Waals surface area contributed by atoms with E-state index in [2.05, 4.69) is 63.5 Å². The van der Waals surface area contributed by atoms with Crippen molar-refractivity contribution in [1.82, 2.24) is 10.3 Å². The smallest absolute Gasteiger partial charge is 0.133 e. The van der Waals surface area contributed by atoms with Crippen LogP contribution in [0.5, 0.6) is 5.75 Å². The Morgan fingerprint density at radius 1 is 1.27 bits per heavy atom. The average Bonchev–Trinajstić information content (AvgIpc) is 2.95. The maximum atomic E-state index is 5.27. The average molecular weight is 377 g/mol. The zero-order valence-electron chi connectivity index (χ0n) is 12.5. The molecule has 0 radical (unpaired) electrons. The number of hydrogen-bond acceptors (Lipinski definition) is 4. The van der Waals surface area contributed by atoms with Gasteiger partial charge in [-0.15, -0.1) is 11.3 Å². The van der Waals surface area contributed by atoms with E-state index in [9.17, 15) is 0 Å². The summed E-state index contributed by atoms with van der Waals surface area (Å²) >= 11 is 5.27. The van der Waals surface area contributed by atoms with Crippen LogP contribution in [0.2, 0.25) is 0 Å². The maximum Gasteiger partial charge on any atom is 0.133 e. The fourth-order valence-corrected chi connectivity index (χ4v) is 3.78. The van der Waals surface area contributed by atoms with E-state index < -0.39 is 0 Å². The summed E-state index contributed by atoms with van der Waals surface area (Å²) in [5.74, 6) is 0.849. The third-order valence-corrected chi connectivity index (χ3v) is 5.23. The molecule has 1 heterocycles. The standard InChI is InChI=1S/C17H17BrN2OS/c1-11(12-7-8-15(21-2)13(18)9-12)19-10-17-20-14-5-3-4-6-16(14)22-17/h3-9,11,19H,10H2,1-2H3/t11-/m0/s1. The summed E-state index contributed by atoms with van der Waals surface area (Å²) in [5.41, 5.74) is 2.29. The lowest BCUT2D eigenvalue weighted by Crippen LogP contribution is -2.17. The fourth-order valence-electron chi connectivity index (χ4n) is 2.31. The molecule has 22 heavy (non-hydrogen) atoms. The minimum atomic E-state index is 0.245. The highest BCUT2D eigenvalue weighted by Gasteiger charge is 2.10.